The molecule has 0 saturated heterocycles. The van der Waals surface area contributed by atoms with Gasteiger partial charge in [0.2, 0.25) is 0 Å². The number of rotatable bonds is 6. The molecule has 3 rings (SSSR count). The predicted octanol–water partition coefficient (Wildman–Crippen LogP) is 3.15. The maximum Gasteiger partial charge on any atom is 0.183 e. The molecule has 7 heteroatoms. The minimum atomic E-state index is -3.72. The smallest absolute Gasteiger partial charge is 0.183 e. The lowest BCUT2D eigenvalue weighted by Crippen LogP contribution is -2.36. The Hall–Kier alpha value is -1.47. The molecular weight excluding hydrogens is 365 g/mol. The van der Waals surface area contributed by atoms with Gasteiger partial charge in [-0.25, -0.2) is 12.8 Å². The quantitative estimate of drug-likeness (QED) is 0.831. The van der Waals surface area contributed by atoms with Gasteiger partial charge in [-0.2, -0.15) is 0 Å². The molecule has 0 aliphatic heterocycles. The van der Waals surface area contributed by atoms with Gasteiger partial charge in [0.15, 0.2) is 9.84 Å². The Morgan fingerprint density at radius 2 is 1.92 bits per heavy atom. The highest BCUT2D eigenvalue weighted by molar-refractivity contribution is 7.92. The Kier molecular flexibility index (Phi) is 4.90. The Balaban J connectivity index is 2.01. The van der Waals surface area contributed by atoms with E-state index < -0.39 is 32.4 Å². The van der Waals surface area contributed by atoms with Crippen molar-refractivity contribution < 1.29 is 17.5 Å². The summed E-state index contributed by atoms with van der Waals surface area (Å²) in [4.78, 5) is 0.145. The van der Waals surface area contributed by atoms with Crippen LogP contribution in [0.15, 0.2) is 53.4 Å². The molecule has 25 heavy (non-hydrogen) atoms. The average molecular weight is 384 g/mol. The molecule has 2 aromatic carbocycles. The van der Waals surface area contributed by atoms with Gasteiger partial charge >= 0.3 is 0 Å². The van der Waals surface area contributed by atoms with E-state index in [1.807, 2.05) is 6.92 Å². The van der Waals surface area contributed by atoms with Crippen molar-refractivity contribution in [3.63, 3.8) is 0 Å². The topological polar surface area (TPSA) is 69.4 Å². The van der Waals surface area contributed by atoms with E-state index in [0.717, 1.165) is 0 Å². The lowest BCUT2D eigenvalue weighted by atomic mass is 10.1. The van der Waals surface area contributed by atoms with Crippen molar-refractivity contribution in [3.05, 3.63) is 64.9 Å². The molecule has 1 saturated carbocycles. The maximum absolute atomic E-state index is 13.6. The minimum Gasteiger partial charge on any atom is -0.380 e. The molecule has 1 aliphatic rings. The van der Waals surface area contributed by atoms with Crippen molar-refractivity contribution in [2.24, 2.45) is 5.73 Å². The second-order valence-corrected chi connectivity index (χ2v) is 8.71. The number of halogens is 2. The van der Waals surface area contributed by atoms with Crippen LogP contribution in [0.2, 0.25) is 5.02 Å². The van der Waals surface area contributed by atoms with E-state index in [2.05, 4.69) is 0 Å². The third-order valence-electron chi connectivity index (χ3n) is 4.54. The normalized spacial score (nSPS) is 25.8. The highest BCUT2D eigenvalue weighted by Crippen LogP contribution is 2.55. The Morgan fingerprint density at radius 3 is 2.52 bits per heavy atom. The molecule has 0 bridgehead atoms. The van der Waals surface area contributed by atoms with Crippen LogP contribution in [0.1, 0.15) is 18.4 Å². The minimum absolute atomic E-state index is 0.0855. The van der Waals surface area contributed by atoms with Crippen LogP contribution in [0, 0.1) is 5.82 Å². The first kappa shape index (κ1) is 18.3. The van der Waals surface area contributed by atoms with E-state index in [9.17, 15) is 12.8 Å². The van der Waals surface area contributed by atoms with Gasteiger partial charge in [-0.15, -0.1) is 0 Å². The molecule has 1 fully saturated rings. The molecule has 0 radical (unpaired) electrons. The van der Waals surface area contributed by atoms with E-state index in [-0.39, 0.29) is 11.5 Å². The first-order valence-electron chi connectivity index (χ1n) is 7.92. The molecule has 0 amide bonds. The predicted molar refractivity (Wildman–Crippen MR) is 95.0 cm³/mol. The summed E-state index contributed by atoms with van der Waals surface area (Å²) in [5.41, 5.74) is 5.87. The lowest BCUT2D eigenvalue weighted by molar-refractivity contribution is 0.125. The van der Waals surface area contributed by atoms with Gasteiger partial charge in [0, 0.05) is 17.5 Å². The maximum atomic E-state index is 13.6. The van der Waals surface area contributed by atoms with Gasteiger partial charge < -0.3 is 10.5 Å². The number of ether oxygens (including phenoxy) is 1. The van der Waals surface area contributed by atoms with Gasteiger partial charge in [-0.05, 0) is 48.9 Å². The average Bonchev–Trinajstić information content (AvgIpc) is 3.20. The fourth-order valence-corrected chi connectivity index (χ4v) is 5.71. The largest absolute Gasteiger partial charge is 0.380 e. The molecule has 0 aromatic heterocycles. The molecule has 0 spiro atoms. The van der Waals surface area contributed by atoms with Crippen LogP contribution in [0.4, 0.5) is 4.39 Å². The van der Waals surface area contributed by atoms with E-state index in [1.165, 1.54) is 36.4 Å². The number of nitrogens with two attached hydrogens (primary N) is 1. The van der Waals surface area contributed by atoms with Crippen molar-refractivity contribution in [2.75, 3.05) is 13.2 Å². The zero-order valence-corrected chi connectivity index (χ0v) is 15.2. The molecule has 1 aliphatic carbocycles. The monoisotopic (exact) mass is 383 g/mol. The van der Waals surface area contributed by atoms with E-state index in [4.69, 9.17) is 22.1 Å². The fraction of sp³-hybridized carbons (Fsp3) is 0.333. The third kappa shape index (κ3) is 3.31. The highest BCUT2D eigenvalue weighted by atomic mass is 35.5. The summed E-state index contributed by atoms with van der Waals surface area (Å²) >= 11 is 5.84. The van der Waals surface area contributed by atoms with E-state index >= 15 is 0 Å². The molecule has 0 heterocycles. The van der Waals surface area contributed by atoms with Crippen LogP contribution in [0.25, 0.3) is 0 Å². The number of sulfone groups is 1. The Labute approximate surface area is 151 Å². The van der Waals surface area contributed by atoms with Crippen LogP contribution >= 0.6 is 11.6 Å². The first-order valence-corrected chi connectivity index (χ1v) is 9.84. The Morgan fingerprint density at radius 1 is 1.24 bits per heavy atom. The van der Waals surface area contributed by atoms with Gasteiger partial charge in [0.25, 0.3) is 0 Å². The molecular formula is C18H19ClFNO3S. The van der Waals surface area contributed by atoms with Gasteiger partial charge in [-0.3, -0.25) is 0 Å². The molecule has 2 N–H and O–H groups in total. The molecule has 3 atom stereocenters. The van der Waals surface area contributed by atoms with Crippen LogP contribution in [-0.2, 0) is 14.6 Å². The SMILES string of the molecule is CCOC[C@@]1(N)[C@H](c2cccc(F)c2)[C@@H]1S(=O)(=O)c1ccc(Cl)cc1. The van der Waals surface area contributed by atoms with Gasteiger partial charge in [0.05, 0.1) is 22.3 Å². The molecule has 2 aromatic rings. The summed E-state index contributed by atoms with van der Waals surface area (Å²) in [6.07, 6.45) is 0. The highest BCUT2D eigenvalue weighted by Gasteiger charge is 2.69. The van der Waals surface area contributed by atoms with Crippen molar-refractivity contribution >= 4 is 21.4 Å². The van der Waals surface area contributed by atoms with Crippen molar-refractivity contribution in [2.45, 2.75) is 28.5 Å². The summed E-state index contributed by atoms with van der Waals surface area (Å²) < 4.78 is 45.2. The standard InChI is InChI=1S/C18H19ClFNO3S/c1-2-24-11-18(21)16(12-4-3-5-14(20)10-12)17(18)25(22,23)15-8-6-13(19)7-9-15/h3-10,16-17H,2,11,21H2,1H3/t16-,17+,18-/m1/s1. The van der Waals surface area contributed by atoms with E-state index in [1.54, 1.807) is 12.1 Å². The van der Waals surface area contributed by atoms with Gasteiger partial charge in [0.1, 0.15) is 5.82 Å². The summed E-state index contributed by atoms with van der Waals surface area (Å²) in [6, 6.07) is 11.8. The van der Waals surface area contributed by atoms with Gasteiger partial charge in [-0.1, -0.05) is 23.7 Å². The van der Waals surface area contributed by atoms with Crippen molar-refractivity contribution in [1.29, 1.82) is 0 Å². The van der Waals surface area contributed by atoms with Crippen LogP contribution in [-0.4, -0.2) is 32.4 Å². The number of benzene rings is 2. The molecule has 0 unspecified atom stereocenters. The lowest BCUT2D eigenvalue weighted by Gasteiger charge is -2.12. The van der Waals surface area contributed by atoms with Crippen molar-refractivity contribution in [3.8, 4) is 0 Å². The summed E-state index contributed by atoms with van der Waals surface area (Å²) in [6.45, 7) is 2.32. The number of hydrogen-bond acceptors (Lipinski definition) is 4. The second-order valence-electron chi connectivity index (χ2n) is 6.20. The number of hydrogen-bond donors (Lipinski definition) is 1. The van der Waals surface area contributed by atoms with E-state index in [0.29, 0.717) is 17.2 Å². The second kappa shape index (κ2) is 6.68. The van der Waals surface area contributed by atoms with Crippen LogP contribution in [0.3, 0.4) is 0 Å². The first-order chi connectivity index (χ1) is 11.8. The zero-order valence-electron chi connectivity index (χ0n) is 13.7. The Bertz CT molecular complexity index is 872. The summed E-state index contributed by atoms with van der Waals surface area (Å²) in [5.74, 6) is -0.957. The molecule has 4 nitrogen and oxygen atoms in total. The summed E-state index contributed by atoms with van der Waals surface area (Å²) in [5, 5.41) is -0.431. The zero-order chi connectivity index (χ0) is 18.2. The van der Waals surface area contributed by atoms with Crippen molar-refractivity contribution in [1.82, 2.24) is 0 Å². The fourth-order valence-electron chi connectivity index (χ4n) is 3.30. The van der Waals surface area contributed by atoms with Crippen LogP contribution < -0.4 is 5.73 Å². The molecule has 134 valence electrons. The summed E-state index contributed by atoms with van der Waals surface area (Å²) in [7, 11) is -3.72. The third-order valence-corrected chi connectivity index (χ3v) is 7.10. The van der Waals surface area contributed by atoms with Crippen LogP contribution in [0.5, 0.6) is 0 Å².